The van der Waals surface area contributed by atoms with E-state index in [4.69, 9.17) is 0 Å². The number of nitrogens with one attached hydrogen (secondary N) is 5. The van der Waals surface area contributed by atoms with Crippen molar-refractivity contribution in [2.45, 2.75) is 58.0 Å². The number of benzene rings is 1. The Balaban J connectivity index is 1.45. The number of carbonyl (C=O) groups is 4. The Morgan fingerprint density at radius 3 is 2.38 bits per heavy atom. The van der Waals surface area contributed by atoms with E-state index in [1.165, 1.54) is 6.92 Å². The van der Waals surface area contributed by atoms with Crippen LogP contribution in [0.3, 0.4) is 0 Å². The van der Waals surface area contributed by atoms with Crippen LogP contribution in [0, 0.1) is 11.8 Å². The second-order valence-corrected chi connectivity index (χ2v) is 8.79. The number of anilines is 2. The number of carbonyl (C=O) groups excluding carboxylic acids is 4. The maximum Gasteiger partial charge on any atom is 0.229 e. The molecule has 1 aromatic rings. The minimum atomic E-state index is -0.795. The predicted octanol–water partition coefficient (Wildman–Crippen LogP) is 0.539. The third-order valence-corrected chi connectivity index (χ3v) is 6.43. The van der Waals surface area contributed by atoms with Gasteiger partial charge in [-0.2, -0.15) is 0 Å². The molecule has 0 bridgehead atoms. The van der Waals surface area contributed by atoms with E-state index < -0.39 is 18.0 Å². The molecule has 172 valence electrons. The third kappa shape index (κ3) is 4.76. The zero-order valence-corrected chi connectivity index (χ0v) is 18.3. The molecule has 10 nitrogen and oxygen atoms in total. The lowest BCUT2D eigenvalue weighted by atomic mass is 9.81. The zero-order valence-electron chi connectivity index (χ0n) is 18.3. The first-order valence-corrected chi connectivity index (χ1v) is 11.1. The van der Waals surface area contributed by atoms with Crippen molar-refractivity contribution >= 4 is 35.0 Å². The summed E-state index contributed by atoms with van der Waals surface area (Å²) in [6, 6.07) is 6.99. The molecule has 4 rings (SSSR count). The molecule has 4 amide bonds. The molecule has 0 spiro atoms. The van der Waals surface area contributed by atoms with Crippen molar-refractivity contribution in [1.82, 2.24) is 20.9 Å². The van der Waals surface area contributed by atoms with Crippen LogP contribution in [0.1, 0.15) is 39.5 Å². The van der Waals surface area contributed by atoms with Crippen molar-refractivity contribution in [3.8, 4) is 0 Å². The van der Waals surface area contributed by atoms with Gasteiger partial charge in [0.2, 0.25) is 23.6 Å². The number of rotatable bonds is 4. The van der Waals surface area contributed by atoms with E-state index in [1.54, 1.807) is 24.3 Å². The van der Waals surface area contributed by atoms with Gasteiger partial charge in [0.25, 0.3) is 0 Å². The summed E-state index contributed by atoms with van der Waals surface area (Å²) in [5.41, 5.74) is 1.14. The van der Waals surface area contributed by atoms with Crippen LogP contribution in [0.15, 0.2) is 24.3 Å². The second kappa shape index (κ2) is 9.25. The average Bonchev–Trinajstić information content (AvgIpc) is 2.74. The Kier molecular flexibility index (Phi) is 6.43. The molecule has 5 N–H and O–H groups in total. The van der Waals surface area contributed by atoms with Gasteiger partial charge < -0.3 is 21.3 Å². The number of amides is 4. The number of hydrogen-bond acceptors (Lipinski definition) is 6. The Labute approximate surface area is 186 Å². The molecule has 0 aromatic heterocycles. The highest BCUT2D eigenvalue weighted by Gasteiger charge is 2.49. The molecule has 3 fully saturated rings. The molecule has 32 heavy (non-hydrogen) atoms. The van der Waals surface area contributed by atoms with E-state index in [0.29, 0.717) is 17.4 Å². The molecule has 3 aliphatic heterocycles. The molecule has 5 unspecified atom stereocenters. The van der Waals surface area contributed by atoms with Gasteiger partial charge in [-0.1, -0.05) is 6.42 Å². The van der Waals surface area contributed by atoms with Crippen LogP contribution >= 0.6 is 0 Å². The Hall–Kier alpha value is -2.98. The van der Waals surface area contributed by atoms with Crippen LogP contribution in [-0.2, 0) is 19.2 Å². The quantitative estimate of drug-likeness (QED) is 0.463. The summed E-state index contributed by atoms with van der Waals surface area (Å²) in [4.78, 5) is 51.8. The fraction of sp³-hybridized carbons (Fsp3) is 0.545. The minimum Gasteiger partial charge on any atom is -0.340 e. The van der Waals surface area contributed by atoms with E-state index >= 15 is 0 Å². The summed E-state index contributed by atoms with van der Waals surface area (Å²) in [6.45, 7) is 4.41. The van der Waals surface area contributed by atoms with Gasteiger partial charge in [-0.05, 0) is 44.0 Å². The van der Waals surface area contributed by atoms with Crippen molar-refractivity contribution in [2.24, 2.45) is 11.8 Å². The predicted molar refractivity (Wildman–Crippen MR) is 118 cm³/mol. The second-order valence-electron chi connectivity index (χ2n) is 8.79. The molecule has 3 heterocycles. The van der Waals surface area contributed by atoms with E-state index in [0.717, 1.165) is 25.8 Å². The number of piperidine rings is 2. The van der Waals surface area contributed by atoms with Gasteiger partial charge in [-0.25, -0.2) is 0 Å². The average molecular weight is 443 g/mol. The van der Waals surface area contributed by atoms with Crippen molar-refractivity contribution in [3.63, 3.8) is 0 Å². The monoisotopic (exact) mass is 442 g/mol. The number of fused-ring (bicyclic) bond motifs is 1. The normalized spacial score (nSPS) is 30.5. The van der Waals surface area contributed by atoms with Crippen molar-refractivity contribution in [2.75, 3.05) is 17.2 Å². The van der Waals surface area contributed by atoms with Crippen LogP contribution in [0.25, 0.3) is 0 Å². The highest BCUT2D eigenvalue weighted by molar-refractivity contribution is 6.00. The lowest BCUT2D eigenvalue weighted by Gasteiger charge is -2.48. The molecular formula is C22H30N6O4. The molecule has 3 aliphatic rings. The number of nitrogens with zero attached hydrogens (tertiary/aromatic N) is 1. The van der Waals surface area contributed by atoms with E-state index in [1.807, 2.05) is 0 Å². The van der Waals surface area contributed by atoms with Crippen molar-refractivity contribution < 1.29 is 19.2 Å². The molecule has 5 atom stereocenters. The fourth-order valence-electron chi connectivity index (χ4n) is 4.82. The summed E-state index contributed by atoms with van der Waals surface area (Å²) in [5.74, 6) is -2.57. The Morgan fingerprint density at radius 2 is 1.72 bits per heavy atom. The summed E-state index contributed by atoms with van der Waals surface area (Å²) >= 11 is 0. The molecule has 3 saturated heterocycles. The summed E-state index contributed by atoms with van der Waals surface area (Å²) < 4.78 is 0. The highest BCUT2D eigenvalue weighted by Crippen LogP contribution is 2.29. The van der Waals surface area contributed by atoms with Gasteiger partial charge in [0.1, 0.15) is 6.29 Å². The molecule has 0 radical (unpaired) electrons. The maximum absolute atomic E-state index is 13.1. The Morgan fingerprint density at radius 1 is 1.03 bits per heavy atom. The molecule has 0 aliphatic carbocycles. The number of likely N-dealkylation sites (tertiary alicyclic amines) is 1. The highest BCUT2D eigenvalue weighted by atomic mass is 16.2. The first-order chi connectivity index (χ1) is 15.3. The standard InChI is InChI=1S/C22H30N6O4/c1-12-5-3-4-10-28(12)22-26-19-18(21(32)27-22)16(11-17(30)25-19)20(31)24-15-8-6-14(7-9-15)23-13(2)29/h6-9,12,16,18-19,22,26H,3-5,10-11H2,1-2H3,(H,23,29)(H,24,31)(H,25,30)(H,27,32). The van der Waals surface area contributed by atoms with Crippen LogP contribution in [0.5, 0.6) is 0 Å². The summed E-state index contributed by atoms with van der Waals surface area (Å²) in [5, 5.41) is 14.7. The van der Waals surface area contributed by atoms with Crippen LogP contribution in [0.2, 0.25) is 0 Å². The fourth-order valence-corrected chi connectivity index (χ4v) is 4.82. The van der Waals surface area contributed by atoms with Crippen LogP contribution in [-0.4, -0.2) is 53.6 Å². The van der Waals surface area contributed by atoms with Gasteiger partial charge >= 0.3 is 0 Å². The van der Waals surface area contributed by atoms with E-state index in [-0.39, 0.29) is 36.3 Å². The van der Waals surface area contributed by atoms with Gasteiger partial charge in [-0.3, -0.25) is 29.4 Å². The topological polar surface area (TPSA) is 132 Å². The summed E-state index contributed by atoms with van der Waals surface area (Å²) in [7, 11) is 0. The first kappa shape index (κ1) is 22.2. The first-order valence-electron chi connectivity index (χ1n) is 11.1. The lowest BCUT2D eigenvalue weighted by molar-refractivity contribution is -0.148. The maximum atomic E-state index is 13.1. The van der Waals surface area contributed by atoms with E-state index in [9.17, 15) is 19.2 Å². The van der Waals surface area contributed by atoms with Crippen LogP contribution in [0.4, 0.5) is 11.4 Å². The largest absolute Gasteiger partial charge is 0.340 e. The van der Waals surface area contributed by atoms with Gasteiger partial charge in [-0.15, -0.1) is 0 Å². The minimum absolute atomic E-state index is 0.0587. The molecule has 10 heteroatoms. The van der Waals surface area contributed by atoms with Gasteiger partial charge in [0.05, 0.1) is 18.0 Å². The van der Waals surface area contributed by atoms with Crippen molar-refractivity contribution in [3.05, 3.63) is 24.3 Å². The molecular weight excluding hydrogens is 412 g/mol. The molecule has 0 saturated carbocycles. The Bertz CT molecular complexity index is 904. The van der Waals surface area contributed by atoms with Crippen molar-refractivity contribution in [1.29, 1.82) is 0 Å². The van der Waals surface area contributed by atoms with Crippen LogP contribution < -0.4 is 26.6 Å². The van der Waals surface area contributed by atoms with E-state index in [2.05, 4.69) is 38.4 Å². The van der Waals surface area contributed by atoms with Gasteiger partial charge in [0, 0.05) is 37.3 Å². The zero-order chi connectivity index (χ0) is 22.8. The smallest absolute Gasteiger partial charge is 0.229 e. The SMILES string of the molecule is CC(=O)Nc1ccc(NC(=O)C2CC(=O)NC3NC(N4CCCCC4C)NC(=O)C32)cc1. The molecule has 1 aromatic carbocycles. The van der Waals surface area contributed by atoms with Gasteiger partial charge in [0.15, 0.2) is 0 Å². The third-order valence-electron chi connectivity index (χ3n) is 6.43. The lowest BCUT2D eigenvalue weighted by Crippen LogP contribution is -2.75. The number of hydrogen-bond donors (Lipinski definition) is 5. The summed E-state index contributed by atoms with van der Waals surface area (Å²) in [6.07, 6.45) is 2.24.